The van der Waals surface area contributed by atoms with E-state index in [0.29, 0.717) is 11.4 Å². The van der Waals surface area contributed by atoms with Crippen LogP contribution in [-0.2, 0) is 6.54 Å². The summed E-state index contributed by atoms with van der Waals surface area (Å²) in [6.07, 6.45) is 1.55. The summed E-state index contributed by atoms with van der Waals surface area (Å²) in [5, 5.41) is 4.02. The van der Waals surface area contributed by atoms with E-state index in [1.54, 1.807) is 17.2 Å². The van der Waals surface area contributed by atoms with Crippen LogP contribution in [0, 0.1) is 5.82 Å². The lowest BCUT2D eigenvalue weighted by Crippen LogP contribution is -2.25. The summed E-state index contributed by atoms with van der Waals surface area (Å²) in [6.45, 7) is 0.0189. The summed E-state index contributed by atoms with van der Waals surface area (Å²) in [4.78, 5) is 13.7. The van der Waals surface area contributed by atoms with Gasteiger partial charge in [-0.05, 0) is 12.1 Å². The second-order valence-corrected chi connectivity index (χ2v) is 4.41. The Morgan fingerprint density at radius 3 is 2.74 bits per heavy atom. The number of nitrogens with zero attached hydrogens (tertiary/aromatic N) is 3. The third-order valence-electron chi connectivity index (χ3n) is 2.83. The van der Waals surface area contributed by atoms with Crippen molar-refractivity contribution in [3.63, 3.8) is 0 Å². The third kappa shape index (κ3) is 2.73. The van der Waals surface area contributed by atoms with Gasteiger partial charge < -0.3 is 10.6 Å². The zero-order valence-electron chi connectivity index (χ0n) is 10.8. The van der Waals surface area contributed by atoms with Crippen molar-refractivity contribution in [1.82, 2.24) is 9.78 Å². The second-order valence-electron chi connectivity index (χ2n) is 4.41. The molecule has 2 N–H and O–H groups in total. The van der Waals surface area contributed by atoms with E-state index in [1.807, 2.05) is 14.1 Å². The summed E-state index contributed by atoms with van der Waals surface area (Å²) in [5.41, 5.74) is 6.69. The molecule has 0 amide bonds. The summed E-state index contributed by atoms with van der Waals surface area (Å²) in [6, 6.07) is 5.88. The lowest BCUT2D eigenvalue weighted by Gasteiger charge is -2.13. The van der Waals surface area contributed by atoms with Crippen LogP contribution in [0.2, 0.25) is 0 Å². The maximum atomic E-state index is 13.6. The van der Waals surface area contributed by atoms with E-state index >= 15 is 0 Å². The van der Waals surface area contributed by atoms with Gasteiger partial charge in [0.2, 0.25) is 0 Å². The van der Waals surface area contributed by atoms with E-state index < -0.39 is 5.82 Å². The molecule has 0 saturated heterocycles. The molecular formula is C13H15FN4O. The van der Waals surface area contributed by atoms with Gasteiger partial charge in [-0.1, -0.05) is 6.07 Å². The highest BCUT2D eigenvalue weighted by molar-refractivity contribution is 5.47. The number of anilines is 2. The molecular weight excluding hydrogens is 247 g/mol. The first-order valence-electron chi connectivity index (χ1n) is 5.76. The molecule has 19 heavy (non-hydrogen) atoms. The standard InChI is InChI=1S/C13H15FN4O/c1-17(2)9-6-13(19)18(16-7-9)8-10-11(14)4-3-5-12(10)15/h3-7H,8,15H2,1-2H3. The van der Waals surface area contributed by atoms with Gasteiger partial charge in [-0.3, -0.25) is 4.79 Å². The lowest BCUT2D eigenvalue weighted by atomic mass is 10.1. The van der Waals surface area contributed by atoms with Crippen LogP contribution in [0.1, 0.15) is 5.56 Å². The van der Waals surface area contributed by atoms with Gasteiger partial charge >= 0.3 is 0 Å². The third-order valence-corrected chi connectivity index (χ3v) is 2.83. The van der Waals surface area contributed by atoms with Crippen molar-refractivity contribution < 1.29 is 4.39 Å². The van der Waals surface area contributed by atoms with Crippen molar-refractivity contribution >= 4 is 11.4 Å². The largest absolute Gasteiger partial charge is 0.398 e. The molecule has 0 bridgehead atoms. The van der Waals surface area contributed by atoms with Crippen LogP contribution in [0.5, 0.6) is 0 Å². The molecule has 0 unspecified atom stereocenters. The zero-order valence-corrected chi connectivity index (χ0v) is 10.8. The molecule has 0 aliphatic carbocycles. The number of aromatic nitrogens is 2. The van der Waals surface area contributed by atoms with Crippen LogP contribution in [0.15, 0.2) is 35.3 Å². The van der Waals surface area contributed by atoms with Gasteiger partial charge in [0.15, 0.2) is 0 Å². The maximum Gasteiger partial charge on any atom is 0.269 e. The first kappa shape index (κ1) is 13.1. The van der Waals surface area contributed by atoms with Gasteiger partial charge in [0, 0.05) is 31.4 Å². The van der Waals surface area contributed by atoms with Crippen molar-refractivity contribution in [2.24, 2.45) is 0 Å². The fraction of sp³-hybridized carbons (Fsp3) is 0.231. The predicted octanol–water partition coefficient (Wildman–Crippen LogP) is 1.08. The number of hydrogen-bond donors (Lipinski definition) is 1. The molecule has 5 nitrogen and oxygen atoms in total. The van der Waals surface area contributed by atoms with Gasteiger partial charge in [-0.2, -0.15) is 5.10 Å². The van der Waals surface area contributed by atoms with E-state index in [0.717, 1.165) is 0 Å². The Bertz CT molecular complexity index is 631. The second kappa shape index (κ2) is 5.09. The average molecular weight is 262 g/mol. The quantitative estimate of drug-likeness (QED) is 0.841. The van der Waals surface area contributed by atoms with Crippen molar-refractivity contribution in [3.05, 3.63) is 52.2 Å². The minimum atomic E-state index is -0.439. The Morgan fingerprint density at radius 2 is 2.16 bits per heavy atom. The molecule has 0 fully saturated rings. The normalized spacial score (nSPS) is 10.5. The smallest absolute Gasteiger partial charge is 0.269 e. The summed E-state index contributed by atoms with van der Waals surface area (Å²) >= 11 is 0. The molecule has 2 aromatic rings. The van der Waals surface area contributed by atoms with Gasteiger partial charge in [-0.15, -0.1) is 0 Å². The van der Waals surface area contributed by atoms with Crippen molar-refractivity contribution in [2.75, 3.05) is 24.7 Å². The SMILES string of the molecule is CN(C)c1cnn(Cc2c(N)cccc2F)c(=O)c1. The highest BCUT2D eigenvalue weighted by Gasteiger charge is 2.09. The lowest BCUT2D eigenvalue weighted by molar-refractivity contribution is 0.573. The molecule has 1 aromatic carbocycles. The number of nitrogens with two attached hydrogens (primary N) is 1. The number of benzene rings is 1. The van der Waals surface area contributed by atoms with Crippen LogP contribution >= 0.6 is 0 Å². The molecule has 1 aromatic heterocycles. The highest BCUT2D eigenvalue weighted by Crippen LogP contribution is 2.16. The van der Waals surface area contributed by atoms with Crippen LogP contribution in [0.25, 0.3) is 0 Å². The molecule has 0 radical (unpaired) electrons. The Hall–Kier alpha value is -2.37. The molecule has 0 saturated carbocycles. The number of halogens is 1. The van der Waals surface area contributed by atoms with E-state index in [9.17, 15) is 9.18 Å². The minimum Gasteiger partial charge on any atom is -0.398 e. The Kier molecular flexibility index (Phi) is 3.50. The van der Waals surface area contributed by atoms with E-state index in [4.69, 9.17) is 5.73 Å². The van der Waals surface area contributed by atoms with Crippen LogP contribution < -0.4 is 16.2 Å². The fourth-order valence-corrected chi connectivity index (χ4v) is 1.68. The van der Waals surface area contributed by atoms with E-state index in [-0.39, 0.29) is 17.7 Å². The van der Waals surface area contributed by atoms with Gasteiger partial charge in [0.25, 0.3) is 5.56 Å². The monoisotopic (exact) mass is 262 g/mol. The summed E-state index contributed by atoms with van der Waals surface area (Å²) < 4.78 is 14.8. The number of rotatable bonds is 3. The molecule has 0 atom stereocenters. The minimum absolute atomic E-state index is 0.0189. The molecule has 0 aliphatic rings. The summed E-state index contributed by atoms with van der Waals surface area (Å²) in [5.74, 6) is -0.439. The van der Waals surface area contributed by atoms with Crippen molar-refractivity contribution in [1.29, 1.82) is 0 Å². The number of hydrogen-bond acceptors (Lipinski definition) is 4. The van der Waals surface area contributed by atoms with Crippen LogP contribution in [0.4, 0.5) is 15.8 Å². The molecule has 6 heteroatoms. The Balaban J connectivity index is 2.37. The highest BCUT2D eigenvalue weighted by atomic mass is 19.1. The van der Waals surface area contributed by atoms with Crippen LogP contribution in [0.3, 0.4) is 0 Å². The molecule has 1 heterocycles. The predicted molar refractivity (Wildman–Crippen MR) is 72.7 cm³/mol. The fourth-order valence-electron chi connectivity index (χ4n) is 1.68. The topological polar surface area (TPSA) is 64.2 Å². The molecule has 2 rings (SSSR count). The molecule has 0 aliphatic heterocycles. The molecule has 100 valence electrons. The van der Waals surface area contributed by atoms with Crippen molar-refractivity contribution in [3.8, 4) is 0 Å². The summed E-state index contributed by atoms with van der Waals surface area (Å²) in [7, 11) is 3.63. The van der Waals surface area contributed by atoms with Gasteiger partial charge in [0.05, 0.1) is 18.4 Å². The zero-order chi connectivity index (χ0) is 14.0. The van der Waals surface area contributed by atoms with Crippen LogP contribution in [-0.4, -0.2) is 23.9 Å². The first-order valence-corrected chi connectivity index (χ1v) is 5.76. The first-order chi connectivity index (χ1) is 8.99. The molecule has 0 spiro atoms. The van der Waals surface area contributed by atoms with Gasteiger partial charge in [-0.25, -0.2) is 9.07 Å². The number of nitrogen functional groups attached to an aromatic ring is 1. The van der Waals surface area contributed by atoms with E-state index in [2.05, 4.69) is 5.10 Å². The maximum absolute atomic E-state index is 13.6. The Morgan fingerprint density at radius 1 is 1.42 bits per heavy atom. The van der Waals surface area contributed by atoms with Gasteiger partial charge in [0.1, 0.15) is 5.82 Å². The Labute approximate surface area is 110 Å². The van der Waals surface area contributed by atoms with E-state index in [1.165, 1.54) is 22.9 Å². The average Bonchev–Trinajstić information content (AvgIpc) is 2.35. The van der Waals surface area contributed by atoms with Crippen molar-refractivity contribution in [2.45, 2.75) is 6.54 Å².